The molecule has 2 aromatic carbocycles. The number of aryl methyl sites for hydroxylation is 1. The predicted octanol–water partition coefficient (Wildman–Crippen LogP) is 3.67. The van der Waals surface area contributed by atoms with E-state index in [0.29, 0.717) is 36.4 Å². The van der Waals surface area contributed by atoms with Crippen molar-refractivity contribution in [2.75, 3.05) is 0 Å². The van der Waals surface area contributed by atoms with Gasteiger partial charge in [0.15, 0.2) is 11.2 Å². The van der Waals surface area contributed by atoms with Crippen LogP contribution in [-0.2, 0) is 27.1 Å². The lowest BCUT2D eigenvalue weighted by Crippen LogP contribution is -2.37. The first-order chi connectivity index (χ1) is 15.8. The van der Waals surface area contributed by atoms with Crippen LogP contribution in [0.2, 0.25) is 0 Å². The van der Waals surface area contributed by atoms with Crippen molar-refractivity contribution < 1.29 is 5.11 Å². The maximum absolute atomic E-state index is 13.1. The van der Waals surface area contributed by atoms with Crippen LogP contribution in [0.3, 0.4) is 0 Å². The summed E-state index contributed by atoms with van der Waals surface area (Å²) in [6.07, 6.45) is 1.55. The van der Waals surface area contributed by atoms with Gasteiger partial charge in [-0.2, -0.15) is 0 Å². The zero-order chi connectivity index (χ0) is 23.7. The number of aliphatic hydroxyl groups excluding tert-OH is 1. The van der Waals surface area contributed by atoms with Gasteiger partial charge < -0.3 is 9.67 Å². The van der Waals surface area contributed by atoms with Gasteiger partial charge in [-0.25, -0.2) is 9.78 Å². The van der Waals surface area contributed by atoms with E-state index in [-0.39, 0.29) is 5.56 Å². The summed E-state index contributed by atoms with van der Waals surface area (Å²) in [5.74, 6) is 0.686. The van der Waals surface area contributed by atoms with Crippen LogP contribution < -0.4 is 11.2 Å². The van der Waals surface area contributed by atoms with Crippen molar-refractivity contribution in [3.05, 3.63) is 96.4 Å². The fourth-order valence-corrected chi connectivity index (χ4v) is 4.59. The minimum Gasteiger partial charge on any atom is -0.388 e. The Bertz CT molecular complexity index is 1430. The van der Waals surface area contributed by atoms with Crippen molar-refractivity contribution in [3.8, 4) is 0 Å². The third-order valence-corrected chi connectivity index (χ3v) is 6.41. The minimum absolute atomic E-state index is 0.367. The number of benzene rings is 2. The van der Waals surface area contributed by atoms with E-state index < -0.39 is 11.8 Å². The van der Waals surface area contributed by atoms with E-state index >= 15 is 0 Å². The second kappa shape index (κ2) is 9.49. The van der Waals surface area contributed by atoms with Crippen LogP contribution in [0.15, 0.2) is 62.6 Å². The van der Waals surface area contributed by atoms with E-state index in [1.165, 1.54) is 11.6 Å². The van der Waals surface area contributed by atoms with Crippen molar-refractivity contribution in [3.63, 3.8) is 0 Å². The normalized spacial score (nSPS) is 12.4. The Labute approximate surface area is 200 Å². The minimum atomic E-state index is -0.511. The van der Waals surface area contributed by atoms with E-state index in [1.807, 2.05) is 60.0 Å². The molecule has 0 amide bonds. The lowest BCUT2D eigenvalue weighted by molar-refractivity contribution is 0.166. The summed E-state index contributed by atoms with van der Waals surface area (Å²) < 4.78 is 5.38. The van der Waals surface area contributed by atoms with Gasteiger partial charge in [0.2, 0.25) is 0 Å². The van der Waals surface area contributed by atoms with Crippen LogP contribution in [-0.4, -0.2) is 23.8 Å². The van der Waals surface area contributed by atoms with Gasteiger partial charge in [-0.15, -0.1) is 0 Å². The Kier molecular flexibility index (Phi) is 6.67. The topological polar surface area (TPSA) is 82.1 Å². The number of aliphatic hydroxyl groups is 1. The molecule has 0 aliphatic rings. The molecule has 0 saturated heterocycles. The Hall–Kier alpha value is -2.97. The van der Waals surface area contributed by atoms with Gasteiger partial charge in [0, 0.05) is 31.5 Å². The highest BCUT2D eigenvalue weighted by Crippen LogP contribution is 2.22. The molecule has 4 aromatic rings. The largest absolute Gasteiger partial charge is 0.388 e. The molecule has 1 unspecified atom stereocenters. The first kappa shape index (κ1) is 23.2. The fraction of sp³-hybridized carbons (Fsp3) is 0.320. The number of imidazole rings is 1. The number of nitrogens with zero attached hydrogens (tertiary/aromatic N) is 4. The lowest BCUT2D eigenvalue weighted by Gasteiger charge is -2.13. The van der Waals surface area contributed by atoms with Gasteiger partial charge >= 0.3 is 5.69 Å². The van der Waals surface area contributed by atoms with Gasteiger partial charge in [-0.3, -0.25) is 13.9 Å². The van der Waals surface area contributed by atoms with Gasteiger partial charge in [0.25, 0.3) is 5.56 Å². The highest BCUT2D eigenvalue weighted by molar-refractivity contribution is 9.10. The zero-order valence-electron chi connectivity index (χ0n) is 19.0. The third kappa shape index (κ3) is 4.58. The summed E-state index contributed by atoms with van der Waals surface area (Å²) in [5, 5.41) is 10.4. The highest BCUT2D eigenvalue weighted by Gasteiger charge is 2.20. The van der Waals surface area contributed by atoms with Crippen LogP contribution in [0.25, 0.3) is 11.2 Å². The molecule has 0 spiro atoms. The number of rotatable bonds is 7. The molecule has 1 N–H and O–H groups in total. The molecular weight excluding hydrogens is 484 g/mol. The standard InChI is InChI=1S/C25H27BrN4O3/c1-4-7-20(31)18-10-5-8-16(12-18)14-21-27-23-22(24(32)29(3)25(33)28(23)2)30(21)15-17-9-6-11-19(26)13-17/h5-6,8-13,20,31H,4,7,14-15H2,1-3H3. The second-order valence-corrected chi connectivity index (χ2v) is 9.26. The summed E-state index contributed by atoms with van der Waals surface area (Å²) in [7, 11) is 3.12. The average Bonchev–Trinajstić information content (AvgIpc) is 3.14. The molecule has 0 bridgehead atoms. The van der Waals surface area contributed by atoms with Crippen molar-refractivity contribution in [1.29, 1.82) is 0 Å². The molecular formula is C25H27BrN4O3. The summed E-state index contributed by atoms with van der Waals surface area (Å²) in [4.78, 5) is 30.4. The molecule has 0 aliphatic carbocycles. The van der Waals surface area contributed by atoms with Crippen LogP contribution >= 0.6 is 15.9 Å². The smallest absolute Gasteiger partial charge is 0.332 e. The third-order valence-electron chi connectivity index (χ3n) is 5.92. The molecule has 0 radical (unpaired) electrons. The van der Waals surface area contributed by atoms with E-state index in [0.717, 1.165) is 32.2 Å². The second-order valence-electron chi connectivity index (χ2n) is 8.35. The van der Waals surface area contributed by atoms with E-state index in [1.54, 1.807) is 7.05 Å². The number of halogens is 1. The maximum Gasteiger partial charge on any atom is 0.332 e. The summed E-state index contributed by atoms with van der Waals surface area (Å²) in [5.41, 5.74) is 2.85. The molecule has 0 aliphatic heterocycles. The van der Waals surface area contributed by atoms with Crippen molar-refractivity contribution in [1.82, 2.24) is 18.7 Å². The number of hydrogen-bond donors (Lipinski definition) is 1. The number of hydrogen-bond acceptors (Lipinski definition) is 4. The Morgan fingerprint density at radius 1 is 1.03 bits per heavy atom. The molecule has 0 saturated carbocycles. The van der Waals surface area contributed by atoms with Crippen molar-refractivity contribution in [2.45, 2.75) is 38.8 Å². The van der Waals surface area contributed by atoms with E-state index in [9.17, 15) is 14.7 Å². The Morgan fingerprint density at radius 2 is 1.76 bits per heavy atom. The van der Waals surface area contributed by atoms with E-state index in [2.05, 4.69) is 15.9 Å². The summed E-state index contributed by atoms with van der Waals surface area (Å²) in [6.45, 7) is 2.49. The molecule has 172 valence electrons. The van der Waals surface area contributed by atoms with Gasteiger partial charge in [0.05, 0.1) is 6.10 Å². The van der Waals surface area contributed by atoms with Gasteiger partial charge in [0.1, 0.15) is 5.82 Å². The molecule has 2 aromatic heterocycles. The molecule has 4 rings (SSSR count). The van der Waals surface area contributed by atoms with E-state index in [4.69, 9.17) is 4.98 Å². The van der Waals surface area contributed by atoms with Crippen molar-refractivity contribution in [2.24, 2.45) is 14.1 Å². The lowest BCUT2D eigenvalue weighted by atomic mass is 10.0. The summed E-state index contributed by atoms with van der Waals surface area (Å²) >= 11 is 3.51. The van der Waals surface area contributed by atoms with Crippen LogP contribution in [0.4, 0.5) is 0 Å². The fourth-order valence-electron chi connectivity index (χ4n) is 4.15. The molecule has 1 atom stereocenters. The monoisotopic (exact) mass is 510 g/mol. The highest BCUT2D eigenvalue weighted by atomic mass is 79.9. The maximum atomic E-state index is 13.1. The molecule has 33 heavy (non-hydrogen) atoms. The van der Waals surface area contributed by atoms with Crippen LogP contribution in [0, 0.1) is 0 Å². The van der Waals surface area contributed by atoms with Gasteiger partial charge in [-0.05, 0) is 35.2 Å². The zero-order valence-corrected chi connectivity index (χ0v) is 20.5. The predicted molar refractivity (Wildman–Crippen MR) is 133 cm³/mol. The summed E-state index contributed by atoms with van der Waals surface area (Å²) in [6, 6.07) is 15.7. The SMILES string of the molecule is CCCC(O)c1cccc(Cc2nc3c(c(=O)n(C)c(=O)n3C)n2Cc2cccc(Br)c2)c1. The Balaban J connectivity index is 1.86. The first-order valence-corrected chi connectivity index (χ1v) is 11.8. The van der Waals surface area contributed by atoms with Crippen LogP contribution in [0.1, 0.15) is 48.4 Å². The average molecular weight is 511 g/mol. The van der Waals surface area contributed by atoms with Crippen molar-refractivity contribution >= 4 is 27.1 Å². The number of aromatic nitrogens is 4. The quantitative estimate of drug-likeness (QED) is 0.411. The molecule has 0 fully saturated rings. The Morgan fingerprint density at radius 3 is 2.48 bits per heavy atom. The molecule has 2 heterocycles. The molecule has 7 nitrogen and oxygen atoms in total. The van der Waals surface area contributed by atoms with Gasteiger partial charge in [-0.1, -0.05) is 65.7 Å². The van der Waals surface area contributed by atoms with Crippen LogP contribution in [0.5, 0.6) is 0 Å². The first-order valence-electron chi connectivity index (χ1n) is 11.0. The molecule has 8 heteroatoms. The number of fused-ring (bicyclic) bond motifs is 1.